The fraction of sp³-hybridized carbons (Fsp3) is 0.625. The van der Waals surface area contributed by atoms with Gasteiger partial charge in [-0.15, -0.1) is 0 Å². The van der Waals surface area contributed by atoms with Crippen LogP contribution in [-0.4, -0.2) is 45.6 Å². The number of amides is 1. The van der Waals surface area contributed by atoms with Crippen molar-refractivity contribution >= 4 is 29.6 Å². The lowest BCUT2D eigenvalue weighted by Gasteiger charge is -2.19. The molecule has 0 aromatic carbocycles. The van der Waals surface area contributed by atoms with E-state index in [4.69, 9.17) is 5.11 Å². The third-order valence-corrected chi connectivity index (χ3v) is 6.10. The van der Waals surface area contributed by atoms with E-state index in [0.29, 0.717) is 5.75 Å². The molecular formula is C24H39NO5S. The van der Waals surface area contributed by atoms with Gasteiger partial charge in [-0.3, -0.25) is 9.59 Å². The Kier molecular flexibility index (Phi) is 14.7. The van der Waals surface area contributed by atoms with Crippen LogP contribution in [0.25, 0.3) is 0 Å². The van der Waals surface area contributed by atoms with Gasteiger partial charge in [0.25, 0.3) is 0 Å². The number of rotatable bonds is 15. The highest BCUT2D eigenvalue weighted by molar-refractivity contribution is 7.99. The van der Waals surface area contributed by atoms with Crippen molar-refractivity contribution in [3.8, 4) is 0 Å². The van der Waals surface area contributed by atoms with Crippen LogP contribution < -0.4 is 5.32 Å². The second-order valence-corrected chi connectivity index (χ2v) is 9.39. The van der Waals surface area contributed by atoms with Gasteiger partial charge in [0.15, 0.2) is 0 Å². The fourth-order valence-electron chi connectivity index (χ4n) is 2.64. The number of carbonyl (C=O) groups excluding carboxylic acids is 1. The highest BCUT2D eigenvalue weighted by atomic mass is 32.2. The number of nitrogens with one attached hydrogen (secondary N) is 1. The summed E-state index contributed by atoms with van der Waals surface area (Å²) in [4.78, 5) is 34.6. The lowest BCUT2D eigenvalue weighted by atomic mass is 9.95. The molecule has 3 atom stereocenters. The van der Waals surface area contributed by atoms with E-state index in [1.807, 2.05) is 0 Å². The minimum absolute atomic E-state index is 0.225. The molecule has 0 aliphatic heterocycles. The van der Waals surface area contributed by atoms with Crippen molar-refractivity contribution in [3.63, 3.8) is 0 Å². The number of allylic oxidation sites excluding steroid dienone is 5. The van der Waals surface area contributed by atoms with E-state index < -0.39 is 35.7 Å². The highest BCUT2D eigenvalue weighted by Crippen LogP contribution is 2.14. The summed E-state index contributed by atoms with van der Waals surface area (Å²) in [5.74, 6) is -3.55. The number of carboxylic acid groups (broad SMARTS) is 2. The first-order chi connectivity index (χ1) is 14.5. The molecule has 0 aromatic rings. The van der Waals surface area contributed by atoms with Crippen molar-refractivity contribution in [2.45, 2.75) is 73.3 Å². The second-order valence-electron chi connectivity index (χ2n) is 8.31. The smallest absolute Gasteiger partial charge is 0.327 e. The molecule has 1 amide bonds. The number of hydrogen-bond acceptors (Lipinski definition) is 4. The predicted octanol–water partition coefficient (Wildman–Crippen LogP) is 5.07. The van der Waals surface area contributed by atoms with Crippen molar-refractivity contribution in [1.82, 2.24) is 5.32 Å². The molecule has 7 heteroatoms. The molecule has 0 bridgehead atoms. The maximum Gasteiger partial charge on any atom is 0.327 e. The first-order valence-corrected chi connectivity index (χ1v) is 11.9. The molecule has 0 unspecified atom stereocenters. The first-order valence-electron chi connectivity index (χ1n) is 10.7. The molecule has 0 saturated carbocycles. The molecule has 0 fully saturated rings. The van der Waals surface area contributed by atoms with Crippen molar-refractivity contribution in [2.24, 2.45) is 11.8 Å². The SMILES string of the molecule is CC(C)=CCC/C(C)=C/CC/C(C)=C/CSC[C@H](NC(=O)[C@@H](C)[C@@H](C)C(=O)O)C(=O)O. The van der Waals surface area contributed by atoms with Crippen LogP contribution in [0.1, 0.15) is 67.2 Å². The van der Waals surface area contributed by atoms with Gasteiger partial charge in [-0.1, -0.05) is 48.8 Å². The van der Waals surface area contributed by atoms with Gasteiger partial charge in [-0.25, -0.2) is 4.79 Å². The minimum atomic E-state index is -1.12. The third kappa shape index (κ3) is 13.8. The van der Waals surface area contributed by atoms with Gasteiger partial charge in [0.1, 0.15) is 6.04 Å². The third-order valence-electron chi connectivity index (χ3n) is 5.12. The quantitative estimate of drug-likeness (QED) is 0.236. The Labute approximate surface area is 191 Å². The Balaban J connectivity index is 4.41. The topological polar surface area (TPSA) is 104 Å². The Morgan fingerprint density at radius 2 is 1.39 bits per heavy atom. The van der Waals surface area contributed by atoms with Crippen molar-refractivity contribution < 1.29 is 24.6 Å². The van der Waals surface area contributed by atoms with E-state index in [0.717, 1.165) is 25.7 Å². The summed E-state index contributed by atoms with van der Waals surface area (Å²) in [6, 6.07) is -1.04. The molecule has 0 radical (unpaired) electrons. The number of hydrogen-bond donors (Lipinski definition) is 3. The van der Waals surface area contributed by atoms with Crippen molar-refractivity contribution in [3.05, 3.63) is 34.9 Å². The van der Waals surface area contributed by atoms with Crippen LogP contribution >= 0.6 is 11.8 Å². The minimum Gasteiger partial charge on any atom is -0.481 e. The molecule has 3 N–H and O–H groups in total. The zero-order chi connectivity index (χ0) is 24.0. The predicted molar refractivity (Wildman–Crippen MR) is 128 cm³/mol. The van der Waals surface area contributed by atoms with Crippen LogP contribution in [0.4, 0.5) is 0 Å². The van der Waals surface area contributed by atoms with Crippen molar-refractivity contribution in [2.75, 3.05) is 11.5 Å². The van der Waals surface area contributed by atoms with E-state index >= 15 is 0 Å². The van der Waals surface area contributed by atoms with E-state index in [-0.39, 0.29) is 5.75 Å². The summed E-state index contributed by atoms with van der Waals surface area (Å²) < 4.78 is 0. The molecule has 0 heterocycles. The van der Waals surface area contributed by atoms with Crippen LogP contribution in [0, 0.1) is 11.8 Å². The van der Waals surface area contributed by atoms with Gasteiger partial charge in [0, 0.05) is 17.4 Å². The first kappa shape index (κ1) is 29.0. The summed E-state index contributed by atoms with van der Waals surface area (Å²) in [5.41, 5.74) is 3.99. The van der Waals surface area contributed by atoms with E-state index in [2.05, 4.69) is 51.2 Å². The number of thioether (sulfide) groups is 1. The largest absolute Gasteiger partial charge is 0.481 e. The van der Waals surface area contributed by atoms with E-state index in [1.165, 1.54) is 42.3 Å². The van der Waals surface area contributed by atoms with Crippen LogP contribution in [0.2, 0.25) is 0 Å². The van der Waals surface area contributed by atoms with Gasteiger partial charge in [-0.05, 0) is 53.4 Å². The molecule has 0 aliphatic carbocycles. The van der Waals surface area contributed by atoms with Gasteiger partial charge in [-0.2, -0.15) is 11.8 Å². The highest BCUT2D eigenvalue weighted by Gasteiger charge is 2.29. The Morgan fingerprint density at radius 3 is 1.90 bits per heavy atom. The lowest BCUT2D eigenvalue weighted by molar-refractivity contribution is -0.147. The lowest BCUT2D eigenvalue weighted by Crippen LogP contribution is -2.46. The van der Waals surface area contributed by atoms with Crippen LogP contribution in [0.5, 0.6) is 0 Å². The molecule has 0 aromatic heterocycles. The standard InChI is InChI=1S/C24H39NO5S/c1-16(2)9-7-10-17(3)11-8-12-18(4)13-14-31-15-21(24(29)30)25-22(26)19(5)20(6)23(27)28/h9,11,13,19-21H,7-8,10,12,14-15H2,1-6H3,(H,25,26)(H,27,28)(H,29,30)/b17-11+,18-13+/t19-,20+,21-/m0/s1. The Hall–Kier alpha value is -2.02. The maximum atomic E-state index is 12.1. The van der Waals surface area contributed by atoms with E-state index in [9.17, 15) is 19.5 Å². The zero-order valence-corrected chi connectivity index (χ0v) is 20.6. The molecule has 0 rings (SSSR count). The second kappa shape index (κ2) is 15.7. The summed E-state index contributed by atoms with van der Waals surface area (Å²) in [5, 5.41) is 20.8. The molecule has 176 valence electrons. The summed E-state index contributed by atoms with van der Waals surface area (Å²) >= 11 is 1.43. The molecular weight excluding hydrogens is 414 g/mol. The van der Waals surface area contributed by atoms with E-state index in [1.54, 1.807) is 0 Å². The average Bonchev–Trinajstić information content (AvgIpc) is 2.68. The van der Waals surface area contributed by atoms with Crippen LogP contribution in [0.15, 0.2) is 34.9 Å². The number of carboxylic acids is 2. The van der Waals surface area contributed by atoms with Gasteiger partial charge in [0.05, 0.1) is 5.92 Å². The Bertz CT molecular complexity index is 692. The number of aliphatic carboxylic acids is 2. The maximum absolute atomic E-state index is 12.1. The molecule has 0 aliphatic rings. The van der Waals surface area contributed by atoms with Crippen molar-refractivity contribution in [1.29, 1.82) is 0 Å². The number of carbonyl (C=O) groups is 3. The molecule has 6 nitrogen and oxygen atoms in total. The summed E-state index contributed by atoms with van der Waals surface area (Å²) in [6.45, 7) is 11.4. The normalized spacial score (nSPS) is 15.0. The van der Waals surface area contributed by atoms with Gasteiger partial charge < -0.3 is 15.5 Å². The monoisotopic (exact) mass is 453 g/mol. The van der Waals surface area contributed by atoms with Crippen LogP contribution in [-0.2, 0) is 14.4 Å². The van der Waals surface area contributed by atoms with Gasteiger partial charge >= 0.3 is 11.9 Å². The summed E-state index contributed by atoms with van der Waals surface area (Å²) in [6.07, 6.45) is 10.7. The van der Waals surface area contributed by atoms with Gasteiger partial charge in [0.2, 0.25) is 5.91 Å². The summed E-state index contributed by atoms with van der Waals surface area (Å²) in [7, 11) is 0. The zero-order valence-electron chi connectivity index (χ0n) is 19.7. The fourth-order valence-corrected chi connectivity index (χ4v) is 3.64. The Morgan fingerprint density at radius 1 is 0.839 bits per heavy atom. The molecule has 31 heavy (non-hydrogen) atoms. The molecule has 0 saturated heterocycles. The molecule has 0 spiro atoms. The average molecular weight is 454 g/mol. The van der Waals surface area contributed by atoms with Crippen LogP contribution in [0.3, 0.4) is 0 Å².